The minimum atomic E-state index is -0.773. The number of thioether (sulfide) groups is 1. The number of nitrogens with zero attached hydrogens (tertiary/aromatic N) is 1. The van der Waals surface area contributed by atoms with Crippen LogP contribution >= 0.6 is 11.8 Å². The van der Waals surface area contributed by atoms with Crippen molar-refractivity contribution in [1.82, 2.24) is 0 Å². The minimum Gasteiger partial charge on any atom is -0.385 e. The van der Waals surface area contributed by atoms with Gasteiger partial charge >= 0.3 is 0 Å². The zero-order valence-electron chi connectivity index (χ0n) is 4.69. The van der Waals surface area contributed by atoms with Crippen molar-refractivity contribution in [3.05, 3.63) is 10.1 Å². The quantitative estimate of drug-likeness (QED) is 0.424. The van der Waals surface area contributed by atoms with Crippen LogP contribution < -0.4 is 0 Å². The summed E-state index contributed by atoms with van der Waals surface area (Å²) in [5.41, 5.74) is 0. The lowest BCUT2D eigenvalue weighted by Crippen LogP contribution is -2.25. The van der Waals surface area contributed by atoms with Gasteiger partial charge in [0.2, 0.25) is 0 Å². The number of hydrogen-bond donors (Lipinski definition) is 1. The summed E-state index contributed by atoms with van der Waals surface area (Å²) in [6.07, 6.45) is -0.180. The van der Waals surface area contributed by atoms with E-state index in [2.05, 4.69) is 0 Å². The van der Waals surface area contributed by atoms with Crippen molar-refractivity contribution in [2.45, 2.75) is 17.9 Å². The summed E-state index contributed by atoms with van der Waals surface area (Å²) < 4.78 is 0. The molecule has 1 aliphatic heterocycles. The average molecular weight is 149 g/mol. The first-order valence-corrected chi connectivity index (χ1v) is 3.70. The maximum absolute atomic E-state index is 10.0. The van der Waals surface area contributed by atoms with Crippen molar-refractivity contribution < 1.29 is 10.0 Å². The fourth-order valence-corrected chi connectivity index (χ4v) is 1.86. The summed E-state index contributed by atoms with van der Waals surface area (Å²) >= 11 is 1.21. The van der Waals surface area contributed by atoms with Crippen LogP contribution in [0.15, 0.2) is 0 Å². The second kappa shape index (κ2) is 2.53. The van der Waals surface area contributed by atoms with Crippen LogP contribution in [0.25, 0.3) is 0 Å². The van der Waals surface area contributed by atoms with Gasteiger partial charge in [-0.1, -0.05) is 11.8 Å². The highest BCUT2D eigenvalue weighted by molar-refractivity contribution is 8.00. The van der Waals surface area contributed by atoms with E-state index in [4.69, 9.17) is 5.11 Å². The van der Waals surface area contributed by atoms with Gasteiger partial charge < -0.3 is 5.11 Å². The highest BCUT2D eigenvalue weighted by Gasteiger charge is 2.35. The maximum atomic E-state index is 10.0. The molecule has 0 aliphatic carbocycles. The summed E-state index contributed by atoms with van der Waals surface area (Å²) in [6, 6.07) is 0. The molecule has 52 valence electrons. The number of aliphatic hydroxyl groups is 1. The van der Waals surface area contributed by atoms with E-state index in [1.165, 1.54) is 11.8 Å². The van der Waals surface area contributed by atoms with Gasteiger partial charge in [-0.15, -0.1) is 0 Å². The smallest absolute Gasteiger partial charge is 0.283 e. The minimum absolute atomic E-state index is 0.428. The highest BCUT2D eigenvalue weighted by atomic mass is 32.2. The molecule has 0 aromatic carbocycles. The number of nitro groups is 1. The van der Waals surface area contributed by atoms with Crippen LogP contribution in [-0.4, -0.2) is 27.3 Å². The van der Waals surface area contributed by atoms with Gasteiger partial charge in [0, 0.05) is 10.7 Å². The predicted octanol–water partition coefficient (Wildman–Crippen LogP) is 0.0870. The second-order valence-corrected chi connectivity index (χ2v) is 3.13. The van der Waals surface area contributed by atoms with Crippen LogP contribution in [0.4, 0.5) is 0 Å². The van der Waals surface area contributed by atoms with Crippen LogP contribution in [0, 0.1) is 10.1 Å². The molecule has 1 aliphatic rings. The Balaban J connectivity index is 2.49. The normalized spacial score (nSPS) is 34.8. The van der Waals surface area contributed by atoms with E-state index in [0.29, 0.717) is 12.2 Å². The summed E-state index contributed by atoms with van der Waals surface area (Å²) in [7, 11) is 0. The first kappa shape index (κ1) is 6.82. The lowest BCUT2D eigenvalue weighted by molar-refractivity contribution is -0.504. The summed E-state index contributed by atoms with van der Waals surface area (Å²) in [5.74, 6) is 0.701. The van der Waals surface area contributed by atoms with Gasteiger partial charge in [-0.2, -0.15) is 0 Å². The SMILES string of the molecule is O=[N+]([O-])C1SCCC1O. The Morgan fingerprint density at radius 3 is 2.67 bits per heavy atom. The van der Waals surface area contributed by atoms with Crippen LogP contribution in [-0.2, 0) is 0 Å². The topological polar surface area (TPSA) is 63.4 Å². The number of rotatable bonds is 1. The lowest BCUT2D eigenvalue weighted by atomic mass is 10.3. The molecule has 0 amide bonds. The van der Waals surface area contributed by atoms with E-state index < -0.39 is 16.4 Å². The summed E-state index contributed by atoms with van der Waals surface area (Å²) in [4.78, 5) is 9.61. The van der Waals surface area contributed by atoms with E-state index in [-0.39, 0.29) is 0 Å². The molecule has 4 nitrogen and oxygen atoms in total. The van der Waals surface area contributed by atoms with Crippen LogP contribution in [0.5, 0.6) is 0 Å². The van der Waals surface area contributed by atoms with Crippen LogP contribution in [0.2, 0.25) is 0 Å². The van der Waals surface area contributed by atoms with Crippen molar-refractivity contribution in [2.75, 3.05) is 5.75 Å². The van der Waals surface area contributed by atoms with Crippen molar-refractivity contribution in [2.24, 2.45) is 0 Å². The molecule has 2 atom stereocenters. The Bertz CT molecular complexity index is 129. The Morgan fingerprint density at radius 2 is 2.44 bits per heavy atom. The van der Waals surface area contributed by atoms with E-state index in [1.807, 2.05) is 0 Å². The molecule has 0 aromatic heterocycles. The Labute approximate surface area is 56.4 Å². The highest BCUT2D eigenvalue weighted by Crippen LogP contribution is 2.26. The Morgan fingerprint density at radius 1 is 1.78 bits per heavy atom. The van der Waals surface area contributed by atoms with Crippen LogP contribution in [0.3, 0.4) is 0 Å². The van der Waals surface area contributed by atoms with Crippen molar-refractivity contribution in [3.8, 4) is 0 Å². The standard InChI is InChI=1S/C4H7NO3S/c6-3-1-2-9-4(3)5(7)8/h3-4,6H,1-2H2. The fraction of sp³-hybridized carbons (Fsp3) is 1.00. The van der Waals surface area contributed by atoms with Crippen molar-refractivity contribution >= 4 is 11.8 Å². The van der Waals surface area contributed by atoms with E-state index in [0.717, 1.165) is 0 Å². The zero-order chi connectivity index (χ0) is 6.85. The molecule has 0 spiro atoms. The average Bonchev–Trinajstić information content (AvgIpc) is 2.13. The first-order valence-electron chi connectivity index (χ1n) is 2.65. The van der Waals surface area contributed by atoms with Gasteiger partial charge in [0.25, 0.3) is 5.37 Å². The molecule has 0 saturated carbocycles. The Hall–Kier alpha value is -0.290. The largest absolute Gasteiger partial charge is 0.385 e. The Kier molecular flexibility index (Phi) is 1.92. The molecule has 0 bridgehead atoms. The molecule has 0 aromatic rings. The molecule has 1 N–H and O–H groups in total. The maximum Gasteiger partial charge on any atom is 0.283 e. The molecule has 9 heavy (non-hydrogen) atoms. The van der Waals surface area contributed by atoms with Gasteiger partial charge in [0.15, 0.2) is 0 Å². The molecule has 0 radical (unpaired) electrons. The van der Waals surface area contributed by atoms with Gasteiger partial charge in [-0.25, -0.2) is 0 Å². The molecule has 2 unspecified atom stereocenters. The summed E-state index contributed by atoms with van der Waals surface area (Å²) in [6.45, 7) is 0. The number of hydrogen-bond acceptors (Lipinski definition) is 4. The molecule has 1 heterocycles. The van der Waals surface area contributed by atoms with E-state index >= 15 is 0 Å². The lowest BCUT2D eigenvalue weighted by Gasteiger charge is -2.02. The number of aliphatic hydroxyl groups excluding tert-OH is 1. The summed E-state index contributed by atoms with van der Waals surface area (Å²) in [5, 5.41) is 18.2. The van der Waals surface area contributed by atoms with Crippen molar-refractivity contribution in [3.63, 3.8) is 0 Å². The van der Waals surface area contributed by atoms with Gasteiger partial charge in [0.1, 0.15) is 6.10 Å². The van der Waals surface area contributed by atoms with E-state index in [1.54, 1.807) is 0 Å². The molecule has 1 rings (SSSR count). The molecular weight excluding hydrogens is 142 g/mol. The van der Waals surface area contributed by atoms with Gasteiger partial charge in [0.05, 0.1) is 0 Å². The van der Waals surface area contributed by atoms with E-state index in [9.17, 15) is 10.1 Å². The molecular formula is C4H7NO3S. The first-order chi connectivity index (χ1) is 4.22. The third kappa shape index (κ3) is 1.34. The van der Waals surface area contributed by atoms with Gasteiger partial charge in [-0.3, -0.25) is 10.1 Å². The van der Waals surface area contributed by atoms with Crippen molar-refractivity contribution in [1.29, 1.82) is 0 Å². The molecule has 5 heteroatoms. The fourth-order valence-electron chi connectivity index (χ4n) is 0.765. The second-order valence-electron chi connectivity index (χ2n) is 1.90. The molecule has 1 saturated heterocycles. The predicted molar refractivity (Wildman–Crippen MR) is 33.9 cm³/mol. The third-order valence-corrected chi connectivity index (χ3v) is 2.54. The van der Waals surface area contributed by atoms with Gasteiger partial charge in [-0.05, 0) is 6.42 Å². The third-order valence-electron chi connectivity index (χ3n) is 1.24. The molecule has 1 fully saturated rings. The van der Waals surface area contributed by atoms with Crippen LogP contribution in [0.1, 0.15) is 6.42 Å². The monoisotopic (exact) mass is 149 g/mol. The zero-order valence-corrected chi connectivity index (χ0v) is 5.50.